The van der Waals surface area contributed by atoms with E-state index in [0.717, 1.165) is 0 Å². The van der Waals surface area contributed by atoms with E-state index in [0.29, 0.717) is 11.4 Å². The van der Waals surface area contributed by atoms with Crippen molar-refractivity contribution in [2.75, 3.05) is 5.32 Å². The number of carboxylic acid groups (broad SMARTS) is 1. The molecule has 1 aromatic carbocycles. The van der Waals surface area contributed by atoms with E-state index >= 15 is 0 Å². The molecule has 2 rings (SSSR count). The van der Waals surface area contributed by atoms with Crippen LogP contribution < -0.4 is 5.32 Å². The highest BCUT2D eigenvalue weighted by molar-refractivity contribution is 5.78. The van der Waals surface area contributed by atoms with Gasteiger partial charge in [-0.05, 0) is 5.56 Å². The minimum absolute atomic E-state index is 0.178. The van der Waals surface area contributed by atoms with Gasteiger partial charge in [-0.3, -0.25) is 0 Å². The summed E-state index contributed by atoms with van der Waals surface area (Å²) in [5, 5.41) is 20.6. The molecule has 1 atom stereocenters. The van der Waals surface area contributed by atoms with Gasteiger partial charge in [0.05, 0.1) is 12.4 Å². The third-order valence-corrected chi connectivity index (χ3v) is 2.44. The Morgan fingerprint density at radius 3 is 2.53 bits per heavy atom. The summed E-state index contributed by atoms with van der Waals surface area (Å²) in [6.07, 6.45) is 2.61. The molecule has 0 saturated heterocycles. The maximum Gasteiger partial charge on any atom is 0.330 e. The molecule has 1 aromatic heterocycles. The molecule has 0 radical (unpaired) electrons. The van der Waals surface area contributed by atoms with Gasteiger partial charge < -0.3 is 10.4 Å². The predicted molar refractivity (Wildman–Crippen MR) is 67.2 cm³/mol. The maximum atomic E-state index is 11.3. The number of aliphatic carboxylic acids is 1. The highest BCUT2D eigenvalue weighted by atomic mass is 16.4. The molecule has 0 saturated carbocycles. The standard InChI is InChI=1S/C13H10N4O2/c14-6-10-7-16-11(8-15-10)17-12(13(18)19)9-4-2-1-3-5-9/h1-5,7-8,12H,(H,16,17)(H,18,19). The Kier molecular flexibility index (Phi) is 3.69. The molecular formula is C13H10N4O2. The van der Waals surface area contributed by atoms with E-state index in [2.05, 4.69) is 15.3 Å². The number of benzene rings is 1. The Morgan fingerprint density at radius 1 is 1.26 bits per heavy atom. The van der Waals surface area contributed by atoms with Crippen LogP contribution >= 0.6 is 0 Å². The Labute approximate surface area is 109 Å². The first-order valence-electron chi connectivity index (χ1n) is 5.47. The van der Waals surface area contributed by atoms with Crippen molar-refractivity contribution in [2.24, 2.45) is 0 Å². The summed E-state index contributed by atoms with van der Waals surface area (Å²) in [5.74, 6) is -0.715. The second-order valence-corrected chi connectivity index (χ2v) is 3.72. The number of aromatic nitrogens is 2. The van der Waals surface area contributed by atoms with Crippen LogP contribution in [0.2, 0.25) is 0 Å². The van der Waals surface area contributed by atoms with Gasteiger partial charge in [-0.25, -0.2) is 14.8 Å². The zero-order valence-corrected chi connectivity index (χ0v) is 9.82. The number of carbonyl (C=O) groups is 1. The first-order valence-corrected chi connectivity index (χ1v) is 5.47. The van der Waals surface area contributed by atoms with Gasteiger partial charge >= 0.3 is 5.97 Å². The highest BCUT2D eigenvalue weighted by Gasteiger charge is 2.19. The largest absolute Gasteiger partial charge is 0.479 e. The molecule has 0 amide bonds. The van der Waals surface area contributed by atoms with E-state index in [-0.39, 0.29) is 5.69 Å². The zero-order chi connectivity index (χ0) is 13.7. The Morgan fingerprint density at radius 2 is 2.00 bits per heavy atom. The molecule has 2 N–H and O–H groups in total. The van der Waals surface area contributed by atoms with Crippen LogP contribution in [0.5, 0.6) is 0 Å². The van der Waals surface area contributed by atoms with Gasteiger partial charge in [-0.15, -0.1) is 0 Å². The van der Waals surface area contributed by atoms with Crippen LogP contribution in [-0.4, -0.2) is 21.0 Å². The SMILES string of the molecule is N#Cc1cnc(NC(C(=O)O)c2ccccc2)cn1. The Hall–Kier alpha value is -2.94. The minimum atomic E-state index is -1.02. The van der Waals surface area contributed by atoms with Gasteiger partial charge in [0.1, 0.15) is 11.9 Å². The lowest BCUT2D eigenvalue weighted by Crippen LogP contribution is -2.21. The normalized spacial score (nSPS) is 11.3. The lowest BCUT2D eigenvalue weighted by Gasteiger charge is -2.14. The summed E-state index contributed by atoms with van der Waals surface area (Å²) in [4.78, 5) is 19.0. The summed E-state index contributed by atoms with van der Waals surface area (Å²) < 4.78 is 0. The average molecular weight is 254 g/mol. The second-order valence-electron chi connectivity index (χ2n) is 3.72. The summed E-state index contributed by atoms with van der Waals surface area (Å²) in [7, 11) is 0. The maximum absolute atomic E-state index is 11.3. The van der Waals surface area contributed by atoms with Gasteiger partial charge in [0.15, 0.2) is 11.7 Å². The molecule has 6 nitrogen and oxygen atoms in total. The molecular weight excluding hydrogens is 244 g/mol. The lowest BCUT2D eigenvalue weighted by molar-refractivity contribution is -0.138. The molecule has 0 aliphatic carbocycles. The van der Waals surface area contributed by atoms with Crippen LogP contribution in [0.15, 0.2) is 42.7 Å². The first-order chi connectivity index (χ1) is 9.20. The topological polar surface area (TPSA) is 98.9 Å². The number of anilines is 1. The monoisotopic (exact) mass is 254 g/mol. The Balaban J connectivity index is 2.22. The third-order valence-electron chi connectivity index (χ3n) is 2.44. The zero-order valence-electron chi connectivity index (χ0n) is 9.82. The fourth-order valence-electron chi connectivity index (χ4n) is 1.54. The van der Waals surface area contributed by atoms with Gasteiger partial charge in [-0.2, -0.15) is 5.26 Å². The summed E-state index contributed by atoms with van der Waals surface area (Å²) >= 11 is 0. The summed E-state index contributed by atoms with van der Waals surface area (Å²) in [6, 6.07) is 9.69. The lowest BCUT2D eigenvalue weighted by atomic mass is 10.1. The van der Waals surface area contributed by atoms with Crippen molar-refractivity contribution in [1.29, 1.82) is 5.26 Å². The highest BCUT2D eigenvalue weighted by Crippen LogP contribution is 2.17. The van der Waals surface area contributed by atoms with Gasteiger partial charge in [0, 0.05) is 0 Å². The predicted octanol–water partition coefficient (Wildman–Crippen LogP) is 1.59. The van der Waals surface area contributed by atoms with Gasteiger partial charge in [0.25, 0.3) is 0 Å². The first kappa shape index (κ1) is 12.5. The van der Waals surface area contributed by atoms with Crippen molar-refractivity contribution in [3.63, 3.8) is 0 Å². The fraction of sp³-hybridized carbons (Fsp3) is 0.0769. The molecule has 0 aliphatic heterocycles. The summed E-state index contributed by atoms with van der Waals surface area (Å²) in [6.45, 7) is 0. The molecule has 0 fully saturated rings. The number of hydrogen-bond donors (Lipinski definition) is 2. The van der Waals surface area contributed by atoms with Crippen LogP contribution in [0.1, 0.15) is 17.3 Å². The number of carboxylic acids is 1. The van der Waals surface area contributed by atoms with E-state index < -0.39 is 12.0 Å². The van der Waals surface area contributed by atoms with Gasteiger partial charge in [0.2, 0.25) is 0 Å². The number of rotatable bonds is 4. The third kappa shape index (κ3) is 3.04. The molecule has 0 aliphatic rings. The van der Waals surface area contributed by atoms with Crippen molar-refractivity contribution >= 4 is 11.8 Å². The van der Waals surface area contributed by atoms with Gasteiger partial charge in [-0.1, -0.05) is 30.3 Å². The smallest absolute Gasteiger partial charge is 0.330 e. The molecule has 1 unspecified atom stereocenters. The molecule has 19 heavy (non-hydrogen) atoms. The minimum Gasteiger partial charge on any atom is -0.479 e. The van der Waals surface area contributed by atoms with Crippen molar-refractivity contribution in [2.45, 2.75) is 6.04 Å². The molecule has 2 aromatic rings. The molecule has 0 spiro atoms. The van der Waals surface area contributed by atoms with Crippen LogP contribution in [0.3, 0.4) is 0 Å². The summed E-state index contributed by atoms with van der Waals surface area (Å²) in [5.41, 5.74) is 0.790. The van der Waals surface area contributed by atoms with Crippen LogP contribution in [-0.2, 0) is 4.79 Å². The van der Waals surface area contributed by atoms with Crippen molar-refractivity contribution < 1.29 is 9.90 Å². The Bertz CT molecular complexity index is 605. The van der Waals surface area contributed by atoms with Crippen LogP contribution in [0, 0.1) is 11.3 Å². The quantitative estimate of drug-likeness (QED) is 0.859. The van der Waals surface area contributed by atoms with Crippen LogP contribution in [0.25, 0.3) is 0 Å². The number of hydrogen-bond acceptors (Lipinski definition) is 5. The molecule has 94 valence electrons. The van der Waals surface area contributed by atoms with Crippen molar-refractivity contribution in [1.82, 2.24) is 9.97 Å². The fourth-order valence-corrected chi connectivity index (χ4v) is 1.54. The molecule has 0 bridgehead atoms. The second kappa shape index (κ2) is 5.60. The number of nitrogens with zero attached hydrogens (tertiary/aromatic N) is 3. The molecule has 6 heteroatoms. The van der Waals surface area contributed by atoms with E-state index in [1.165, 1.54) is 12.4 Å². The van der Waals surface area contributed by atoms with E-state index in [4.69, 9.17) is 5.26 Å². The average Bonchev–Trinajstić information content (AvgIpc) is 2.46. The number of nitrogens with one attached hydrogen (secondary N) is 1. The van der Waals surface area contributed by atoms with Crippen molar-refractivity contribution in [3.05, 3.63) is 54.0 Å². The van der Waals surface area contributed by atoms with Crippen molar-refractivity contribution in [3.8, 4) is 6.07 Å². The van der Waals surface area contributed by atoms with E-state index in [9.17, 15) is 9.90 Å². The molecule has 1 heterocycles. The van der Waals surface area contributed by atoms with E-state index in [1.54, 1.807) is 24.3 Å². The number of nitriles is 1. The van der Waals surface area contributed by atoms with E-state index in [1.807, 2.05) is 12.1 Å². The van der Waals surface area contributed by atoms with Crippen LogP contribution in [0.4, 0.5) is 5.82 Å².